The minimum atomic E-state index is -1.43. The van der Waals surface area contributed by atoms with E-state index in [2.05, 4.69) is 25.7 Å². The highest BCUT2D eigenvalue weighted by Gasteiger charge is 2.26. The van der Waals surface area contributed by atoms with Gasteiger partial charge in [0.05, 0.1) is 13.8 Å². The van der Waals surface area contributed by atoms with Crippen LogP contribution in [0.25, 0.3) is 0 Å². The lowest BCUT2D eigenvalue weighted by Crippen LogP contribution is -2.38. The van der Waals surface area contributed by atoms with Crippen LogP contribution in [0.2, 0.25) is 19.6 Å². The third-order valence-electron chi connectivity index (χ3n) is 2.78. The van der Waals surface area contributed by atoms with Crippen molar-refractivity contribution in [1.29, 1.82) is 0 Å². The van der Waals surface area contributed by atoms with Crippen LogP contribution in [-0.4, -0.2) is 19.9 Å². The van der Waals surface area contributed by atoms with E-state index < -0.39 is 8.07 Å². The summed E-state index contributed by atoms with van der Waals surface area (Å²) in [7, 11) is -1.43. The number of carbonyl (C=O) groups excluding carboxylic acids is 2. The van der Waals surface area contributed by atoms with Crippen molar-refractivity contribution >= 4 is 30.8 Å². The van der Waals surface area contributed by atoms with Crippen molar-refractivity contribution in [2.24, 2.45) is 0 Å². The van der Waals surface area contributed by atoms with Crippen molar-refractivity contribution in [2.45, 2.75) is 19.6 Å². The SMILES string of the molecule is C[Si](C)(C)c1cccc(N2C(=O)C=CC2=O)c1. The maximum atomic E-state index is 11.6. The number of hydrogen-bond donors (Lipinski definition) is 0. The Labute approximate surface area is 102 Å². The lowest BCUT2D eigenvalue weighted by molar-refractivity contribution is -0.119. The molecule has 0 N–H and O–H groups in total. The molecule has 0 atom stereocenters. The molecule has 0 radical (unpaired) electrons. The van der Waals surface area contributed by atoms with Gasteiger partial charge < -0.3 is 0 Å². The van der Waals surface area contributed by atoms with Gasteiger partial charge in [0.2, 0.25) is 0 Å². The van der Waals surface area contributed by atoms with Crippen LogP contribution >= 0.6 is 0 Å². The number of hydrogen-bond acceptors (Lipinski definition) is 2. The van der Waals surface area contributed by atoms with Gasteiger partial charge in [-0.15, -0.1) is 0 Å². The fourth-order valence-corrected chi connectivity index (χ4v) is 2.94. The third-order valence-corrected chi connectivity index (χ3v) is 4.82. The second-order valence-electron chi connectivity index (χ2n) is 5.15. The Morgan fingerprint density at radius 3 is 2.12 bits per heavy atom. The first-order valence-corrected chi connectivity index (χ1v) is 9.06. The Morgan fingerprint density at radius 1 is 1.00 bits per heavy atom. The van der Waals surface area contributed by atoms with Crippen LogP contribution in [0.3, 0.4) is 0 Å². The van der Waals surface area contributed by atoms with E-state index in [0.29, 0.717) is 5.69 Å². The molecular formula is C13H15NO2Si. The Hall–Kier alpha value is -1.68. The second-order valence-corrected chi connectivity index (χ2v) is 10.2. The molecule has 2 amide bonds. The molecule has 0 spiro atoms. The first-order valence-electron chi connectivity index (χ1n) is 5.56. The fraction of sp³-hybridized carbons (Fsp3) is 0.231. The van der Waals surface area contributed by atoms with Gasteiger partial charge in [0.15, 0.2) is 0 Å². The van der Waals surface area contributed by atoms with Crippen LogP contribution in [0.15, 0.2) is 36.4 Å². The van der Waals surface area contributed by atoms with Crippen LogP contribution < -0.4 is 10.1 Å². The number of imide groups is 1. The largest absolute Gasteiger partial charge is 0.269 e. The monoisotopic (exact) mass is 245 g/mol. The quantitative estimate of drug-likeness (QED) is 0.587. The summed E-state index contributed by atoms with van der Waals surface area (Å²) < 4.78 is 0. The van der Waals surface area contributed by atoms with Crippen molar-refractivity contribution in [3.8, 4) is 0 Å². The van der Waals surface area contributed by atoms with Crippen LogP contribution in [0, 0.1) is 0 Å². The molecule has 1 aliphatic rings. The second kappa shape index (κ2) is 3.96. The molecule has 0 fully saturated rings. The average molecular weight is 245 g/mol. The summed E-state index contributed by atoms with van der Waals surface area (Å²) in [5.74, 6) is -0.523. The van der Waals surface area contributed by atoms with E-state index >= 15 is 0 Å². The van der Waals surface area contributed by atoms with Crippen molar-refractivity contribution < 1.29 is 9.59 Å². The molecule has 3 nitrogen and oxygen atoms in total. The summed E-state index contributed by atoms with van der Waals surface area (Å²) in [6, 6.07) is 7.72. The number of rotatable bonds is 2. The van der Waals surface area contributed by atoms with Crippen LogP contribution in [0.5, 0.6) is 0 Å². The molecular weight excluding hydrogens is 230 g/mol. The summed E-state index contributed by atoms with van der Waals surface area (Å²) >= 11 is 0. The van der Waals surface area contributed by atoms with Gasteiger partial charge in [0, 0.05) is 12.2 Å². The summed E-state index contributed by atoms with van der Waals surface area (Å²) in [4.78, 5) is 24.4. The van der Waals surface area contributed by atoms with Crippen LogP contribution in [-0.2, 0) is 9.59 Å². The van der Waals surface area contributed by atoms with Crippen molar-refractivity contribution in [3.63, 3.8) is 0 Å². The number of benzene rings is 1. The number of carbonyl (C=O) groups is 2. The van der Waals surface area contributed by atoms with E-state index in [4.69, 9.17) is 0 Å². The normalized spacial score (nSPS) is 15.8. The first kappa shape index (κ1) is 11.8. The predicted octanol–water partition coefficient (Wildman–Crippen LogP) is 1.66. The molecule has 0 saturated carbocycles. The third kappa shape index (κ3) is 2.21. The predicted molar refractivity (Wildman–Crippen MR) is 71.1 cm³/mol. The zero-order valence-electron chi connectivity index (χ0n) is 10.2. The van der Waals surface area contributed by atoms with Crippen molar-refractivity contribution in [3.05, 3.63) is 36.4 Å². The van der Waals surface area contributed by atoms with Crippen molar-refractivity contribution in [1.82, 2.24) is 0 Å². The Morgan fingerprint density at radius 2 is 1.59 bits per heavy atom. The molecule has 88 valence electrons. The lowest BCUT2D eigenvalue weighted by atomic mass is 10.3. The molecule has 17 heavy (non-hydrogen) atoms. The highest BCUT2D eigenvalue weighted by atomic mass is 28.3. The zero-order chi connectivity index (χ0) is 12.6. The fourth-order valence-electron chi connectivity index (χ4n) is 1.77. The van der Waals surface area contributed by atoms with Gasteiger partial charge in [-0.3, -0.25) is 9.59 Å². The maximum absolute atomic E-state index is 11.6. The summed E-state index contributed by atoms with van der Waals surface area (Å²) in [5, 5.41) is 1.24. The number of nitrogens with zero attached hydrogens (tertiary/aromatic N) is 1. The molecule has 1 heterocycles. The lowest BCUT2D eigenvalue weighted by Gasteiger charge is -2.20. The zero-order valence-corrected chi connectivity index (χ0v) is 11.2. The molecule has 1 aromatic carbocycles. The highest BCUT2D eigenvalue weighted by Crippen LogP contribution is 2.18. The molecule has 1 aliphatic heterocycles. The maximum Gasteiger partial charge on any atom is 0.258 e. The van der Waals surface area contributed by atoms with Crippen molar-refractivity contribution in [2.75, 3.05) is 4.90 Å². The van der Waals surface area contributed by atoms with Gasteiger partial charge >= 0.3 is 0 Å². The highest BCUT2D eigenvalue weighted by molar-refractivity contribution is 6.88. The van der Waals surface area contributed by atoms with Gasteiger partial charge in [-0.05, 0) is 12.1 Å². The molecule has 0 bridgehead atoms. The number of anilines is 1. The molecule has 1 aromatic rings. The topological polar surface area (TPSA) is 37.4 Å². The van der Waals surface area contributed by atoms with E-state index in [1.165, 1.54) is 22.2 Å². The minimum Gasteiger partial charge on any atom is -0.269 e. The van der Waals surface area contributed by atoms with Gasteiger partial charge in [0.25, 0.3) is 11.8 Å². The van der Waals surface area contributed by atoms with E-state index in [-0.39, 0.29) is 11.8 Å². The summed E-state index contributed by atoms with van der Waals surface area (Å²) in [5.41, 5.74) is 0.671. The summed E-state index contributed by atoms with van der Waals surface area (Å²) in [6.45, 7) is 6.70. The van der Waals surface area contributed by atoms with Gasteiger partial charge in [-0.25, -0.2) is 4.90 Å². The molecule has 0 saturated heterocycles. The number of amides is 2. The van der Waals surface area contributed by atoms with Gasteiger partial charge in [-0.1, -0.05) is 37.0 Å². The smallest absolute Gasteiger partial charge is 0.258 e. The van der Waals surface area contributed by atoms with Gasteiger partial charge in [-0.2, -0.15) is 0 Å². The van der Waals surface area contributed by atoms with E-state index in [9.17, 15) is 9.59 Å². The minimum absolute atomic E-state index is 0.261. The van der Waals surface area contributed by atoms with E-state index in [0.717, 1.165) is 0 Å². The molecule has 0 aromatic heterocycles. The first-order chi connectivity index (χ1) is 7.89. The van der Waals surface area contributed by atoms with Crippen LogP contribution in [0.1, 0.15) is 0 Å². The summed E-state index contributed by atoms with van der Waals surface area (Å²) in [6.07, 6.45) is 2.62. The van der Waals surface area contributed by atoms with E-state index in [1.54, 1.807) is 6.07 Å². The molecule has 4 heteroatoms. The van der Waals surface area contributed by atoms with E-state index in [1.807, 2.05) is 12.1 Å². The van der Waals surface area contributed by atoms with Crippen LogP contribution in [0.4, 0.5) is 5.69 Å². The average Bonchev–Trinajstić information content (AvgIpc) is 2.57. The molecule has 0 unspecified atom stereocenters. The standard InChI is InChI=1S/C13H15NO2Si/c1-17(2,3)11-6-4-5-10(9-11)14-12(15)7-8-13(14)16/h4-9H,1-3H3. The Kier molecular flexibility index (Phi) is 2.75. The molecule has 2 rings (SSSR count). The molecule has 0 aliphatic carbocycles. The van der Waals surface area contributed by atoms with Gasteiger partial charge in [0.1, 0.15) is 0 Å². The Bertz CT molecular complexity index is 496. The Balaban J connectivity index is 2.41.